The van der Waals surface area contributed by atoms with E-state index in [0.717, 1.165) is 30.4 Å². The van der Waals surface area contributed by atoms with E-state index in [9.17, 15) is 13.2 Å². The van der Waals surface area contributed by atoms with Crippen LogP contribution in [0.2, 0.25) is 0 Å². The fourth-order valence-electron chi connectivity index (χ4n) is 3.39. The van der Waals surface area contributed by atoms with Crippen LogP contribution in [-0.4, -0.2) is 56.2 Å². The zero-order valence-electron chi connectivity index (χ0n) is 16.8. The summed E-state index contributed by atoms with van der Waals surface area (Å²) >= 11 is 0. The lowest BCUT2D eigenvalue weighted by atomic mass is 10.1. The third-order valence-corrected chi connectivity index (χ3v) is 6.03. The largest absolute Gasteiger partial charge is 0.370 e. The predicted molar refractivity (Wildman–Crippen MR) is 112 cm³/mol. The SMILES string of the molecule is Cc1cccc(N(CC(=O)N2CCCC(OCc3ccccn3)C2)S(C)(=O)=O)c1. The second kappa shape index (κ2) is 9.37. The van der Waals surface area contributed by atoms with Crippen molar-refractivity contribution in [3.8, 4) is 0 Å². The number of pyridine rings is 1. The highest BCUT2D eigenvalue weighted by molar-refractivity contribution is 7.92. The number of sulfonamides is 1. The molecule has 1 atom stereocenters. The predicted octanol–water partition coefficient (Wildman–Crippen LogP) is 2.36. The van der Waals surface area contributed by atoms with Crippen LogP contribution in [0.1, 0.15) is 24.1 Å². The molecule has 29 heavy (non-hydrogen) atoms. The first kappa shape index (κ1) is 21.3. The topological polar surface area (TPSA) is 79.8 Å². The van der Waals surface area contributed by atoms with E-state index in [1.807, 2.05) is 31.2 Å². The van der Waals surface area contributed by atoms with E-state index in [1.165, 1.54) is 4.31 Å². The number of anilines is 1. The first-order chi connectivity index (χ1) is 13.8. The molecule has 1 aliphatic heterocycles. The molecular formula is C21H27N3O4S. The minimum Gasteiger partial charge on any atom is -0.370 e. The van der Waals surface area contributed by atoms with Gasteiger partial charge in [0.25, 0.3) is 0 Å². The highest BCUT2D eigenvalue weighted by Crippen LogP contribution is 2.20. The van der Waals surface area contributed by atoms with E-state index in [-0.39, 0.29) is 18.6 Å². The second-order valence-electron chi connectivity index (χ2n) is 7.34. The maximum Gasteiger partial charge on any atom is 0.243 e. The molecular weight excluding hydrogens is 390 g/mol. The lowest BCUT2D eigenvalue weighted by Crippen LogP contribution is -2.48. The lowest BCUT2D eigenvalue weighted by Gasteiger charge is -2.34. The number of benzene rings is 1. The molecule has 1 fully saturated rings. The Morgan fingerprint density at radius 1 is 1.28 bits per heavy atom. The van der Waals surface area contributed by atoms with E-state index in [4.69, 9.17) is 4.74 Å². The Balaban J connectivity index is 1.63. The quantitative estimate of drug-likeness (QED) is 0.691. The van der Waals surface area contributed by atoms with Gasteiger partial charge in [-0.25, -0.2) is 8.42 Å². The summed E-state index contributed by atoms with van der Waals surface area (Å²) in [6.45, 7) is 3.13. The van der Waals surface area contributed by atoms with Crippen LogP contribution in [0.15, 0.2) is 48.7 Å². The van der Waals surface area contributed by atoms with Gasteiger partial charge in [0.2, 0.25) is 15.9 Å². The number of aryl methyl sites for hydroxylation is 1. The van der Waals surface area contributed by atoms with Crippen LogP contribution in [0.3, 0.4) is 0 Å². The molecule has 3 rings (SSSR count). The van der Waals surface area contributed by atoms with Gasteiger partial charge in [0, 0.05) is 19.3 Å². The molecule has 156 valence electrons. The Hall–Kier alpha value is -2.45. The highest BCUT2D eigenvalue weighted by Gasteiger charge is 2.28. The first-order valence-corrected chi connectivity index (χ1v) is 11.5. The van der Waals surface area contributed by atoms with Crippen molar-refractivity contribution in [1.82, 2.24) is 9.88 Å². The number of carbonyl (C=O) groups is 1. The minimum atomic E-state index is -3.58. The molecule has 1 amide bonds. The van der Waals surface area contributed by atoms with Gasteiger partial charge in [-0.3, -0.25) is 14.1 Å². The molecule has 1 saturated heterocycles. The number of rotatable bonds is 7. The van der Waals surface area contributed by atoms with Crippen molar-refractivity contribution in [2.24, 2.45) is 0 Å². The Labute approximate surface area is 172 Å². The number of likely N-dealkylation sites (tertiary alicyclic amines) is 1. The molecule has 1 aromatic carbocycles. The number of ether oxygens (including phenoxy) is 1. The summed E-state index contributed by atoms with van der Waals surface area (Å²) in [4.78, 5) is 18.8. The van der Waals surface area contributed by atoms with Crippen LogP contribution in [0.4, 0.5) is 5.69 Å². The van der Waals surface area contributed by atoms with E-state index < -0.39 is 10.0 Å². The fraction of sp³-hybridized carbons (Fsp3) is 0.429. The third kappa shape index (κ3) is 6.01. The number of aromatic nitrogens is 1. The first-order valence-electron chi connectivity index (χ1n) is 9.66. The van der Waals surface area contributed by atoms with Gasteiger partial charge in [0.1, 0.15) is 6.54 Å². The van der Waals surface area contributed by atoms with Gasteiger partial charge in [-0.15, -0.1) is 0 Å². The Morgan fingerprint density at radius 3 is 2.79 bits per heavy atom. The normalized spacial score (nSPS) is 17.2. The Bertz CT molecular complexity index is 934. The van der Waals surface area contributed by atoms with Crippen LogP contribution in [0.5, 0.6) is 0 Å². The van der Waals surface area contributed by atoms with Crippen molar-refractivity contribution >= 4 is 21.6 Å². The average molecular weight is 418 g/mol. The third-order valence-electron chi connectivity index (χ3n) is 4.89. The molecule has 0 saturated carbocycles. The lowest BCUT2D eigenvalue weighted by molar-refractivity contribution is -0.134. The molecule has 0 aliphatic carbocycles. The summed E-state index contributed by atoms with van der Waals surface area (Å²) in [7, 11) is -3.58. The summed E-state index contributed by atoms with van der Waals surface area (Å²) in [6.07, 6.45) is 4.45. The van der Waals surface area contributed by atoms with Gasteiger partial charge in [-0.05, 0) is 49.6 Å². The van der Waals surface area contributed by atoms with Gasteiger partial charge in [0.05, 0.1) is 30.3 Å². The van der Waals surface area contributed by atoms with Crippen LogP contribution in [-0.2, 0) is 26.2 Å². The summed E-state index contributed by atoms with van der Waals surface area (Å²) in [5.74, 6) is -0.219. The molecule has 2 aromatic rings. The molecule has 1 unspecified atom stereocenters. The van der Waals surface area contributed by atoms with Crippen molar-refractivity contribution in [3.05, 3.63) is 59.9 Å². The zero-order valence-corrected chi connectivity index (χ0v) is 17.6. The molecule has 1 aliphatic rings. The number of nitrogens with zero attached hydrogens (tertiary/aromatic N) is 3. The monoisotopic (exact) mass is 417 g/mol. The van der Waals surface area contributed by atoms with Crippen molar-refractivity contribution in [1.29, 1.82) is 0 Å². The molecule has 8 heteroatoms. The van der Waals surface area contributed by atoms with Crippen LogP contribution >= 0.6 is 0 Å². The van der Waals surface area contributed by atoms with Gasteiger partial charge in [-0.2, -0.15) is 0 Å². The molecule has 1 aromatic heterocycles. The molecule has 0 spiro atoms. The van der Waals surface area contributed by atoms with E-state index in [1.54, 1.807) is 29.3 Å². The van der Waals surface area contributed by atoms with Crippen molar-refractivity contribution < 1.29 is 17.9 Å². The van der Waals surface area contributed by atoms with Crippen molar-refractivity contribution in [2.45, 2.75) is 32.5 Å². The number of hydrogen-bond acceptors (Lipinski definition) is 5. The number of amides is 1. The zero-order chi connectivity index (χ0) is 20.9. The molecule has 0 radical (unpaired) electrons. The van der Waals surface area contributed by atoms with Crippen molar-refractivity contribution in [3.63, 3.8) is 0 Å². The Morgan fingerprint density at radius 2 is 2.10 bits per heavy atom. The van der Waals surface area contributed by atoms with Crippen molar-refractivity contribution in [2.75, 3.05) is 30.2 Å². The van der Waals surface area contributed by atoms with Gasteiger partial charge in [-0.1, -0.05) is 18.2 Å². The molecule has 0 N–H and O–H groups in total. The van der Waals surface area contributed by atoms with E-state index in [0.29, 0.717) is 25.4 Å². The standard InChI is InChI=1S/C21H27N3O4S/c1-17-7-5-9-19(13-17)24(29(2,26)27)15-21(25)23-12-6-10-20(14-23)28-16-18-8-3-4-11-22-18/h3-5,7-9,11,13,20H,6,10,12,14-16H2,1-2H3. The summed E-state index contributed by atoms with van der Waals surface area (Å²) < 4.78 is 31.7. The number of hydrogen-bond donors (Lipinski definition) is 0. The maximum atomic E-state index is 12.9. The van der Waals surface area contributed by atoms with Crippen LogP contribution in [0, 0.1) is 6.92 Å². The van der Waals surface area contributed by atoms with E-state index >= 15 is 0 Å². The van der Waals surface area contributed by atoms with E-state index in [2.05, 4.69) is 4.98 Å². The minimum absolute atomic E-state index is 0.0830. The summed E-state index contributed by atoms with van der Waals surface area (Å²) in [5, 5.41) is 0. The fourth-order valence-corrected chi connectivity index (χ4v) is 4.23. The smallest absolute Gasteiger partial charge is 0.243 e. The second-order valence-corrected chi connectivity index (χ2v) is 9.25. The average Bonchev–Trinajstić information content (AvgIpc) is 2.70. The maximum absolute atomic E-state index is 12.9. The Kier molecular flexibility index (Phi) is 6.87. The van der Waals surface area contributed by atoms with Gasteiger partial charge >= 0.3 is 0 Å². The highest BCUT2D eigenvalue weighted by atomic mass is 32.2. The van der Waals surface area contributed by atoms with Gasteiger partial charge < -0.3 is 9.64 Å². The number of carbonyl (C=O) groups excluding carboxylic acids is 1. The van der Waals surface area contributed by atoms with Crippen LogP contribution < -0.4 is 4.31 Å². The molecule has 0 bridgehead atoms. The molecule has 7 nitrogen and oxygen atoms in total. The molecule has 2 heterocycles. The van der Waals surface area contributed by atoms with Crippen LogP contribution in [0.25, 0.3) is 0 Å². The number of piperidine rings is 1. The van der Waals surface area contributed by atoms with Gasteiger partial charge in [0.15, 0.2) is 0 Å². The summed E-state index contributed by atoms with van der Waals surface area (Å²) in [6, 6.07) is 12.8. The summed E-state index contributed by atoms with van der Waals surface area (Å²) in [5.41, 5.74) is 2.28.